The molecule has 1 saturated carbocycles. The van der Waals surface area contributed by atoms with E-state index in [-0.39, 0.29) is 6.10 Å². The van der Waals surface area contributed by atoms with Crippen LogP contribution < -0.4 is 10.2 Å². The lowest BCUT2D eigenvalue weighted by atomic mass is 9.82. The van der Waals surface area contributed by atoms with Gasteiger partial charge in [-0.05, 0) is 48.9 Å². The van der Waals surface area contributed by atoms with Crippen LogP contribution in [0.5, 0.6) is 0 Å². The monoisotopic (exact) mass is 246 g/mol. The molecule has 18 heavy (non-hydrogen) atoms. The predicted octanol–water partition coefficient (Wildman–Crippen LogP) is 1.54. The molecule has 0 saturated heterocycles. The fraction of sp³-hybridized carbons (Fsp3) is 0.600. The zero-order chi connectivity index (χ0) is 12.5. The van der Waals surface area contributed by atoms with Crippen molar-refractivity contribution in [2.24, 2.45) is 5.92 Å². The Morgan fingerprint density at radius 1 is 1.39 bits per heavy atom. The molecule has 0 amide bonds. The average molecular weight is 246 g/mol. The Hall–Kier alpha value is -1.06. The van der Waals surface area contributed by atoms with Crippen molar-refractivity contribution in [3.05, 3.63) is 29.3 Å². The predicted molar refractivity (Wildman–Crippen MR) is 73.9 cm³/mol. The summed E-state index contributed by atoms with van der Waals surface area (Å²) in [5, 5.41) is 12.7. The summed E-state index contributed by atoms with van der Waals surface area (Å²) in [4.78, 5) is 2.32. The number of hydrogen-bond acceptors (Lipinski definition) is 3. The number of aliphatic hydroxyl groups is 1. The minimum Gasteiger partial charge on any atom is -0.393 e. The van der Waals surface area contributed by atoms with Crippen LogP contribution in [0.1, 0.15) is 24.0 Å². The maximum Gasteiger partial charge on any atom is 0.0546 e. The summed E-state index contributed by atoms with van der Waals surface area (Å²) in [6.45, 7) is 3.13. The van der Waals surface area contributed by atoms with Gasteiger partial charge < -0.3 is 15.3 Å². The first-order valence-corrected chi connectivity index (χ1v) is 6.94. The topological polar surface area (TPSA) is 35.5 Å². The summed E-state index contributed by atoms with van der Waals surface area (Å²) in [5.74, 6) is 0.681. The highest BCUT2D eigenvalue weighted by molar-refractivity contribution is 5.58. The van der Waals surface area contributed by atoms with E-state index in [1.165, 1.54) is 23.2 Å². The SMILES string of the molecule is CN1CCc2cc(CNCC3CC(O)C3)ccc21. The minimum atomic E-state index is -0.0349. The Balaban J connectivity index is 1.51. The highest BCUT2D eigenvalue weighted by atomic mass is 16.3. The van der Waals surface area contributed by atoms with E-state index < -0.39 is 0 Å². The number of rotatable bonds is 4. The summed E-state index contributed by atoms with van der Waals surface area (Å²) < 4.78 is 0. The smallest absolute Gasteiger partial charge is 0.0546 e. The van der Waals surface area contributed by atoms with E-state index >= 15 is 0 Å². The molecule has 0 atom stereocenters. The maximum absolute atomic E-state index is 9.23. The number of fused-ring (bicyclic) bond motifs is 1. The summed E-state index contributed by atoms with van der Waals surface area (Å²) in [6.07, 6.45) is 3.09. The third-order valence-electron chi connectivity index (χ3n) is 4.24. The molecule has 2 aliphatic rings. The van der Waals surface area contributed by atoms with Crippen LogP contribution in [0.15, 0.2) is 18.2 Å². The third-order valence-corrected chi connectivity index (χ3v) is 4.24. The minimum absolute atomic E-state index is 0.0349. The molecule has 1 fully saturated rings. The molecule has 1 aromatic rings. The van der Waals surface area contributed by atoms with Crippen LogP contribution in [0.2, 0.25) is 0 Å². The van der Waals surface area contributed by atoms with Gasteiger partial charge in [-0.25, -0.2) is 0 Å². The van der Waals surface area contributed by atoms with Gasteiger partial charge in [-0.15, -0.1) is 0 Å². The van der Waals surface area contributed by atoms with Gasteiger partial charge in [-0.3, -0.25) is 0 Å². The number of likely N-dealkylation sites (N-methyl/N-ethyl adjacent to an activating group) is 1. The highest BCUT2D eigenvalue weighted by Crippen LogP contribution is 2.28. The molecule has 98 valence electrons. The van der Waals surface area contributed by atoms with Crippen molar-refractivity contribution in [3.63, 3.8) is 0 Å². The second kappa shape index (κ2) is 4.90. The molecule has 0 aromatic heterocycles. The van der Waals surface area contributed by atoms with Crippen LogP contribution in [0.4, 0.5) is 5.69 Å². The second-order valence-corrected chi connectivity index (χ2v) is 5.76. The van der Waals surface area contributed by atoms with Gasteiger partial charge in [0, 0.05) is 25.8 Å². The molecule has 1 aliphatic carbocycles. The van der Waals surface area contributed by atoms with Gasteiger partial charge in [0.2, 0.25) is 0 Å². The van der Waals surface area contributed by atoms with Gasteiger partial charge in [0.1, 0.15) is 0 Å². The lowest BCUT2D eigenvalue weighted by Crippen LogP contribution is -2.35. The Labute approximate surface area is 109 Å². The number of nitrogens with zero attached hydrogens (tertiary/aromatic N) is 1. The maximum atomic E-state index is 9.23. The molecule has 0 radical (unpaired) electrons. The number of hydrogen-bond donors (Lipinski definition) is 2. The molecule has 3 rings (SSSR count). The molecule has 1 heterocycles. The summed E-state index contributed by atoms with van der Waals surface area (Å²) in [7, 11) is 2.16. The molecule has 0 bridgehead atoms. The Kier molecular flexibility index (Phi) is 3.27. The Morgan fingerprint density at radius 3 is 3.00 bits per heavy atom. The molecule has 0 unspecified atom stereocenters. The lowest BCUT2D eigenvalue weighted by molar-refractivity contribution is 0.0430. The van der Waals surface area contributed by atoms with E-state index in [0.717, 1.165) is 32.5 Å². The van der Waals surface area contributed by atoms with E-state index in [2.05, 4.69) is 35.5 Å². The van der Waals surface area contributed by atoms with Crippen molar-refractivity contribution in [1.82, 2.24) is 5.32 Å². The first-order valence-electron chi connectivity index (χ1n) is 6.94. The van der Waals surface area contributed by atoms with Gasteiger partial charge in [0.15, 0.2) is 0 Å². The van der Waals surface area contributed by atoms with Gasteiger partial charge >= 0.3 is 0 Å². The summed E-state index contributed by atoms with van der Waals surface area (Å²) >= 11 is 0. The van der Waals surface area contributed by atoms with Gasteiger partial charge in [-0.2, -0.15) is 0 Å². The first kappa shape index (κ1) is 12.0. The van der Waals surface area contributed by atoms with E-state index in [4.69, 9.17) is 0 Å². The molecule has 3 nitrogen and oxygen atoms in total. The quantitative estimate of drug-likeness (QED) is 0.846. The molecule has 1 aliphatic heterocycles. The largest absolute Gasteiger partial charge is 0.393 e. The van der Waals surface area contributed by atoms with Crippen molar-refractivity contribution >= 4 is 5.69 Å². The summed E-state index contributed by atoms with van der Waals surface area (Å²) in [5.41, 5.74) is 4.25. The van der Waals surface area contributed by atoms with Crippen LogP contribution in [-0.2, 0) is 13.0 Å². The number of aliphatic hydroxyl groups excluding tert-OH is 1. The van der Waals surface area contributed by atoms with Crippen LogP contribution >= 0.6 is 0 Å². The zero-order valence-electron chi connectivity index (χ0n) is 11.0. The molecular formula is C15H22N2O. The number of benzene rings is 1. The zero-order valence-corrected chi connectivity index (χ0v) is 11.0. The molecular weight excluding hydrogens is 224 g/mol. The van der Waals surface area contributed by atoms with Crippen molar-refractivity contribution in [1.29, 1.82) is 0 Å². The normalized spacial score (nSPS) is 26.0. The number of nitrogens with one attached hydrogen (secondary N) is 1. The first-order chi connectivity index (χ1) is 8.72. The molecule has 1 aromatic carbocycles. The Morgan fingerprint density at radius 2 is 2.22 bits per heavy atom. The summed E-state index contributed by atoms with van der Waals surface area (Å²) in [6, 6.07) is 6.80. The van der Waals surface area contributed by atoms with Crippen molar-refractivity contribution < 1.29 is 5.11 Å². The van der Waals surface area contributed by atoms with Crippen molar-refractivity contribution in [2.45, 2.75) is 31.9 Å². The van der Waals surface area contributed by atoms with E-state index in [1.807, 2.05) is 0 Å². The second-order valence-electron chi connectivity index (χ2n) is 5.76. The van der Waals surface area contributed by atoms with Crippen LogP contribution in [0, 0.1) is 5.92 Å². The fourth-order valence-electron chi connectivity index (χ4n) is 3.02. The van der Waals surface area contributed by atoms with Gasteiger partial charge in [0.25, 0.3) is 0 Å². The standard InChI is InChI=1S/C15H22N2O/c1-17-5-4-13-6-11(2-3-15(13)17)9-16-10-12-7-14(18)8-12/h2-3,6,12,14,16,18H,4-5,7-10H2,1H3. The van der Waals surface area contributed by atoms with Crippen LogP contribution in [0.3, 0.4) is 0 Å². The third kappa shape index (κ3) is 2.38. The van der Waals surface area contributed by atoms with Crippen molar-refractivity contribution in [3.8, 4) is 0 Å². The lowest BCUT2D eigenvalue weighted by Gasteiger charge is -2.31. The Bertz CT molecular complexity index is 427. The van der Waals surface area contributed by atoms with Crippen molar-refractivity contribution in [2.75, 3.05) is 25.0 Å². The van der Waals surface area contributed by atoms with Crippen LogP contribution in [-0.4, -0.2) is 31.3 Å². The molecule has 2 N–H and O–H groups in total. The van der Waals surface area contributed by atoms with E-state index in [9.17, 15) is 5.11 Å². The van der Waals surface area contributed by atoms with Crippen LogP contribution in [0.25, 0.3) is 0 Å². The number of anilines is 1. The fourth-order valence-corrected chi connectivity index (χ4v) is 3.02. The van der Waals surface area contributed by atoms with E-state index in [0.29, 0.717) is 5.92 Å². The molecule has 3 heteroatoms. The van der Waals surface area contributed by atoms with Gasteiger partial charge in [-0.1, -0.05) is 12.1 Å². The van der Waals surface area contributed by atoms with Gasteiger partial charge in [0.05, 0.1) is 6.10 Å². The average Bonchev–Trinajstić information content (AvgIpc) is 2.68. The van der Waals surface area contributed by atoms with E-state index in [1.54, 1.807) is 0 Å². The molecule has 0 spiro atoms. The highest BCUT2D eigenvalue weighted by Gasteiger charge is 2.26.